The fourth-order valence-electron chi connectivity index (χ4n) is 0.861. The van der Waals surface area contributed by atoms with Crippen molar-refractivity contribution in [2.75, 3.05) is 26.7 Å². The molecular formula is C8H20N2. The van der Waals surface area contributed by atoms with Crippen LogP contribution >= 0.6 is 0 Å². The van der Waals surface area contributed by atoms with E-state index in [0.29, 0.717) is 0 Å². The standard InChI is InChI=1S/C8H20N2/c1-3-10(2)8-6-4-5-7-9/h3-9H2,1-2H3. The number of nitrogens with two attached hydrogens (primary N) is 1. The number of unbranched alkanes of at least 4 members (excludes halogenated alkanes) is 2. The highest BCUT2D eigenvalue weighted by Gasteiger charge is 1.92. The first kappa shape index (κ1) is 9.92. The number of hydrogen-bond acceptors (Lipinski definition) is 2. The summed E-state index contributed by atoms with van der Waals surface area (Å²) in [5.74, 6) is 0. The monoisotopic (exact) mass is 144 g/mol. The molecule has 62 valence electrons. The summed E-state index contributed by atoms with van der Waals surface area (Å²) < 4.78 is 0. The first-order valence-corrected chi connectivity index (χ1v) is 4.20. The van der Waals surface area contributed by atoms with Crippen LogP contribution in [0.15, 0.2) is 0 Å². The van der Waals surface area contributed by atoms with Gasteiger partial charge < -0.3 is 10.6 Å². The Morgan fingerprint density at radius 3 is 2.40 bits per heavy atom. The van der Waals surface area contributed by atoms with Gasteiger partial charge >= 0.3 is 0 Å². The van der Waals surface area contributed by atoms with Gasteiger partial charge in [-0.15, -0.1) is 0 Å². The number of hydrogen-bond donors (Lipinski definition) is 1. The molecule has 10 heavy (non-hydrogen) atoms. The SMILES string of the molecule is CCN(C)CCCCCN. The van der Waals surface area contributed by atoms with Crippen LogP contribution in [0.4, 0.5) is 0 Å². The number of nitrogens with zero attached hydrogens (tertiary/aromatic N) is 1. The fraction of sp³-hybridized carbons (Fsp3) is 1.00. The van der Waals surface area contributed by atoms with Crippen LogP contribution in [0.3, 0.4) is 0 Å². The largest absolute Gasteiger partial charge is 0.330 e. The molecule has 2 N–H and O–H groups in total. The Balaban J connectivity index is 2.89. The van der Waals surface area contributed by atoms with Crippen molar-refractivity contribution in [1.29, 1.82) is 0 Å². The lowest BCUT2D eigenvalue weighted by Crippen LogP contribution is -2.18. The summed E-state index contributed by atoms with van der Waals surface area (Å²) in [7, 11) is 2.16. The van der Waals surface area contributed by atoms with Crippen LogP contribution in [0.5, 0.6) is 0 Å². The molecule has 0 saturated carbocycles. The van der Waals surface area contributed by atoms with Gasteiger partial charge in [-0.1, -0.05) is 13.3 Å². The molecule has 0 aromatic heterocycles. The van der Waals surface area contributed by atoms with Gasteiger partial charge in [-0.3, -0.25) is 0 Å². The first-order valence-electron chi connectivity index (χ1n) is 4.20. The normalized spacial score (nSPS) is 10.8. The highest BCUT2D eigenvalue weighted by molar-refractivity contribution is 4.48. The summed E-state index contributed by atoms with van der Waals surface area (Å²) in [6.07, 6.45) is 3.75. The minimum Gasteiger partial charge on any atom is -0.330 e. The lowest BCUT2D eigenvalue weighted by atomic mass is 10.2. The average molecular weight is 144 g/mol. The van der Waals surface area contributed by atoms with Gasteiger partial charge in [0.15, 0.2) is 0 Å². The lowest BCUT2D eigenvalue weighted by molar-refractivity contribution is 0.342. The molecule has 0 aromatic rings. The van der Waals surface area contributed by atoms with Crippen LogP contribution < -0.4 is 5.73 Å². The summed E-state index contributed by atoms with van der Waals surface area (Å²) in [6, 6.07) is 0. The Morgan fingerprint density at radius 1 is 1.20 bits per heavy atom. The van der Waals surface area contributed by atoms with Crippen LogP contribution in [0, 0.1) is 0 Å². The van der Waals surface area contributed by atoms with Crippen LogP contribution in [-0.4, -0.2) is 31.6 Å². The third-order valence-electron chi connectivity index (χ3n) is 1.78. The van der Waals surface area contributed by atoms with Crippen LogP contribution in [0.2, 0.25) is 0 Å². The molecule has 0 amide bonds. The van der Waals surface area contributed by atoms with Gasteiger partial charge in [0.2, 0.25) is 0 Å². The zero-order valence-corrected chi connectivity index (χ0v) is 7.27. The molecule has 0 rings (SSSR count). The van der Waals surface area contributed by atoms with E-state index in [9.17, 15) is 0 Å². The second-order valence-electron chi connectivity index (χ2n) is 2.75. The maximum atomic E-state index is 5.36. The van der Waals surface area contributed by atoms with Gasteiger partial charge in [0, 0.05) is 0 Å². The molecule has 0 aliphatic heterocycles. The van der Waals surface area contributed by atoms with Crippen molar-refractivity contribution in [3.8, 4) is 0 Å². The van der Waals surface area contributed by atoms with Gasteiger partial charge in [-0.2, -0.15) is 0 Å². The predicted molar refractivity (Wildman–Crippen MR) is 46.1 cm³/mol. The van der Waals surface area contributed by atoms with Gasteiger partial charge in [0.05, 0.1) is 0 Å². The molecule has 0 unspecified atom stereocenters. The zero-order valence-electron chi connectivity index (χ0n) is 7.27. The molecule has 0 fully saturated rings. The number of rotatable bonds is 6. The Hall–Kier alpha value is -0.0800. The van der Waals surface area contributed by atoms with Gasteiger partial charge in [0.25, 0.3) is 0 Å². The van der Waals surface area contributed by atoms with Crippen LogP contribution in [-0.2, 0) is 0 Å². The summed E-state index contributed by atoms with van der Waals surface area (Å²) in [5, 5.41) is 0. The van der Waals surface area contributed by atoms with E-state index in [1.165, 1.54) is 25.8 Å². The van der Waals surface area contributed by atoms with E-state index in [1.807, 2.05) is 0 Å². The molecule has 2 nitrogen and oxygen atoms in total. The van der Waals surface area contributed by atoms with E-state index >= 15 is 0 Å². The maximum absolute atomic E-state index is 5.36. The van der Waals surface area contributed by atoms with E-state index in [-0.39, 0.29) is 0 Å². The van der Waals surface area contributed by atoms with Crippen molar-refractivity contribution in [1.82, 2.24) is 4.90 Å². The van der Waals surface area contributed by atoms with Gasteiger partial charge in [0.1, 0.15) is 0 Å². The Labute approximate surface area is 64.4 Å². The molecular weight excluding hydrogens is 124 g/mol. The van der Waals surface area contributed by atoms with Crippen molar-refractivity contribution in [2.24, 2.45) is 5.73 Å². The highest BCUT2D eigenvalue weighted by atomic mass is 15.1. The highest BCUT2D eigenvalue weighted by Crippen LogP contribution is 1.94. The molecule has 0 aliphatic carbocycles. The smallest absolute Gasteiger partial charge is 0.00219 e. The molecule has 0 atom stereocenters. The molecule has 0 saturated heterocycles. The van der Waals surface area contributed by atoms with Crippen LogP contribution in [0.1, 0.15) is 26.2 Å². The quantitative estimate of drug-likeness (QED) is 0.565. The Kier molecular flexibility index (Phi) is 6.98. The third-order valence-corrected chi connectivity index (χ3v) is 1.78. The Bertz CT molecular complexity index is 64.3. The van der Waals surface area contributed by atoms with E-state index in [4.69, 9.17) is 5.73 Å². The van der Waals surface area contributed by atoms with E-state index in [0.717, 1.165) is 13.1 Å². The second kappa shape index (κ2) is 7.03. The molecule has 0 heterocycles. The second-order valence-corrected chi connectivity index (χ2v) is 2.75. The van der Waals surface area contributed by atoms with E-state index in [2.05, 4.69) is 18.9 Å². The predicted octanol–water partition coefficient (Wildman–Crippen LogP) is 1.07. The van der Waals surface area contributed by atoms with E-state index < -0.39 is 0 Å². The minimum atomic E-state index is 0.843. The summed E-state index contributed by atoms with van der Waals surface area (Å²) >= 11 is 0. The van der Waals surface area contributed by atoms with Crippen molar-refractivity contribution in [3.05, 3.63) is 0 Å². The molecule has 2 heteroatoms. The molecule has 0 bridgehead atoms. The van der Waals surface area contributed by atoms with Gasteiger partial charge in [-0.25, -0.2) is 0 Å². The van der Waals surface area contributed by atoms with Crippen molar-refractivity contribution in [2.45, 2.75) is 26.2 Å². The van der Waals surface area contributed by atoms with Crippen molar-refractivity contribution >= 4 is 0 Å². The minimum absolute atomic E-state index is 0.843. The molecule has 0 spiro atoms. The van der Waals surface area contributed by atoms with Gasteiger partial charge in [-0.05, 0) is 39.5 Å². The lowest BCUT2D eigenvalue weighted by Gasteiger charge is -2.12. The summed E-state index contributed by atoms with van der Waals surface area (Å²) in [4.78, 5) is 2.33. The Morgan fingerprint density at radius 2 is 1.90 bits per heavy atom. The van der Waals surface area contributed by atoms with Crippen molar-refractivity contribution < 1.29 is 0 Å². The molecule has 0 aliphatic rings. The maximum Gasteiger partial charge on any atom is -0.00219 e. The van der Waals surface area contributed by atoms with Crippen LogP contribution in [0.25, 0.3) is 0 Å². The zero-order chi connectivity index (χ0) is 7.82. The average Bonchev–Trinajstić information content (AvgIpc) is 1.98. The molecule has 0 aromatic carbocycles. The first-order chi connectivity index (χ1) is 4.81. The van der Waals surface area contributed by atoms with Crippen molar-refractivity contribution in [3.63, 3.8) is 0 Å². The fourth-order valence-corrected chi connectivity index (χ4v) is 0.861. The third kappa shape index (κ3) is 6.05. The topological polar surface area (TPSA) is 29.3 Å². The van der Waals surface area contributed by atoms with E-state index in [1.54, 1.807) is 0 Å². The summed E-state index contributed by atoms with van der Waals surface area (Å²) in [6.45, 7) is 5.40. The molecule has 0 radical (unpaired) electrons. The summed E-state index contributed by atoms with van der Waals surface area (Å²) in [5.41, 5.74) is 5.36.